The number of para-hydroxylation sites is 2. The third kappa shape index (κ3) is 3.09. The summed E-state index contributed by atoms with van der Waals surface area (Å²) in [6.45, 7) is 0. The van der Waals surface area contributed by atoms with Gasteiger partial charge in [-0.05, 0) is 0 Å². The van der Waals surface area contributed by atoms with Gasteiger partial charge in [-0.25, -0.2) is 0 Å². The van der Waals surface area contributed by atoms with E-state index in [0.29, 0.717) is 43.9 Å². The predicted octanol–water partition coefficient (Wildman–Crippen LogP) is 7.06. The number of benzene rings is 4. The molecule has 32 heavy (non-hydrogen) atoms. The van der Waals surface area contributed by atoms with Gasteiger partial charge < -0.3 is 0 Å². The minimum absolute atomic E-state index is 0.0360. The Morgan fingerprint density at radius 1 is 0.531 bits per heavy atom. The molecule has 6 aromatic rings. The van der Waals surface area contributed by atoms with Gasteiger partial charge in [-0.2, -0.15) is 0 Å². The van der Waals surface area contributed by atoms with Crippen LogP contribution in [0.1, 0.15) is 0 Å². The van der Waals surface area contributed by atoms with E-state index in [4.69, 9.17) is 8.83 Å². The van der Waals surface area contributed by atoms with Crippen molar-refractivity contribution >= 4 is 74.2 Å². The predicted molar refractivity (Wildman–Crippen MR) is 140 cm³/mol. The fourth-order valence-corrected chi connectivity index (χ4v) is 9.26. The van der Waals surface area contributed by atoms with Gasteiger partial charge in [0.15, 0.2) is 0 Å². The van der Waals surface area contributed by atoms with Gasteiger partial charge in [-0.3, -0.25) is 0 Å². The zero-order valence-corrected chi connectivity index (χ0v) is 20.2. The topological polar surface area (TPSA) is 60.4 Å². The Morgan fingerprint density at radius 3 is 1.41 bits per heavy atom. The molecule has 0 amide bonds. The Hall–Kier alpha value is -2.97. The molecule has 0 bridgehead atoms. The van der Waals surface area contributed by atoms with E-state index >= 15 is 0 Å². The second kappa shape index (κ2) is 7.56. The molecule has 0 fully saturated rings. The van der Waals surface area contributed by atoms with Crippen LogP contribution in [0.5, 0.6) is 0 Å². The first kappa shape index (κ1) is 19.7. The molecule has 0 spiro atoms. The minimum atomic E-state index is -2.06. The summed E-state index contributed by atoms with van der Waals surface area (Å²) in [5.41, 5.74) is 2.23. The van der Waals surface area contributed by atoms with Crippen LogP contribution in [0.4, 0.5) is 0 Å². The van der Waals surface area contributed by atoms with E-state index in [-0.39, 0.29) is 10.9 Å². The third-order valence-electron chi connectivity index (χ3n) is 5.46. The Bertz CT molecular complexity index is 1670. The summed E-state index contributed by atoms with van der Waals surface area (Å²) in [6, 6.07) is 26.1. The van der Waals surface area contributed by atoms with Crippen LogP contribution in [0.15, 0.2) is 103 Å². The summed E-state index contributed by atoms with van der Waals surface area (Å²) in [4.78, 5) is 26.1. The summed E-state index contributed by atoms with van der Waals surface area (Å²) >= 11 is 1.85. The number of fused-ring (bicyclic) bond motifs is 4. The van der Waals surface area contributed by atoms with Crippen LogP contribution in [0.2, 0.25) is 0 Å². The molecule has 6 rings (SSSR count). The second-order valence-corrected chi connectivity index (χ2v) is 15.2. The van der Waals surface area contributed by atoms with Gasteiger partial charge in [0.1, 0.15) is 0 Å². The average Bonchev–Trinajstić information content (AvgIpc) is 2.84. The van der Waals surface area contributed by atoms with Crippen molar-refractivity contribution in [1.29, 1.82) is 0 Å². The van der Waals surface area contributed by atoms with Gasteiger partial charge in [0, 0.05) is 0 Å². The molecule has 0 saturated carbocycles. The van der Waals surface area contributed by atoms with E-state index < -0.39 is 17.6 Å². The van der Waals surface area contributed by atoms with Crippen molar-refractivity contribution in [1.82, 2.24) is 0 Å². The number of halogens is 2. The van der Waals surface area contributed by atoms with Gasteiger partial charge in [-0.15, -0.1) is 0 Å². The molecular formula is C26H14BrIO4. The molecule has 0 radical (unpaired) electrons. The first-order valence-corrected chi connectivity index (χ1v) is 16.9. The molecule has 0 atom stereocenters. The maximum absolute atomic E-state index is 13.0. The molecule has 156 valence electrons. The molecule has 0 saturated heterocycles. The average molecular weight is 597 g/mol. The van der Waals surface area contributed by atoms with E-state index in [2.05, 4.69) is 12.7 Å². The van der Waals surface area contributed by atoms with Crippen LogP contribution >= 0.6 is 30.3 Å². The summed E-state index contributed by atoms with van der Waals surface area (Å²) in [5.74, 6) is 0. The molecule has 2 heterocycles. The van der Waals surface area contributed by atoms with Crippen molar-refractivity contribution in [3.8, 4) is 0 Å². The van der Waals surface area contributed by atoms with Crippen molar-refractivity contribution < 1.29 is 8.83 Å². The number of hydrogen-bond donors (Lipinski definition) is 0. The van der Waals surface area contributed by atoms with Crippen LogP contribution in [-0.4, -0.2) is 0 Å². The zero-order chi connectivity index (χ0) is 21.8. The number of rotatable bonds is 2. The standard InChI is InChI=1S/C26H14BrIO4/c27-28(15-9-11-23-19(13-15)25(29)17-5-1-3-7-21(17)31-23)16-10-12-24-20(14-16)26(30)18-6-2-4-8-22(18)32-24/h1-14H. The quantitative estimate of drug-likeness (QED) is 0.159. The monoisotopic (exact) mass is 596 g/mol. The molecule has 0 aliphatic rings. The molecule has 0 aliphatic carbocycles. The first-order valence-electron chi connectivity index (χ1n) is 9.88. The Morgan fingerprint density at radius 2 is 0.938 bits per heavy atom. The van der Waals surface area contributed by atoms with Crippen molar-refractivity contribution in [2.75, 3.05) is 0 Å². The maximum atomic E-state index is 13.0. The second-order valence-electron chi connectivity index (χ2n) is 7.37. The fourth-order valence-electron chi connectivity index (χ4n) is 3.88. The summed E-state index contributed by atoms with van der Waals surface area (Å²) in [6.07, 6.45) is 0. The van der Waals surface area contributed by atoms with Gasteiger partial charge in [0.25, 0.3) is 0 Å². The van der Waals surface area contributed by atoms with Crippen molar-refractivity contribution in [3.63, 3.8) is 0 Å². The Balaban J connectivity index is 1.51. The molecular weight excluding hydrogens is 583 g/mol. The summed E-state index contributed by atoms with van der Waals surface area (Å²) in [7, 11) is 0. The van der Waals surface area contributed by atoms with Crippen molar-refractivity contribution in [2.24, 2.45) is 0 Å². The molecule has 2 aromatic heterocycles. The zero-order valence-electron chi connectivity index (χ0n) is 16.5. The SMILES string of the molecule is O=c1c2ccccc2oc2ccc(I(Br)c3ccc4oc5ccccc5c(=O)c4c3)cc12. The fraction of sp³-hybridized carbons (Fsp3) is 0. The molecule has 4 aromatic carbocycles. The van der Waals surface area contributed by atoms with Gasteiger partial charge in [-0.1, -0.05) is 0 Å². The number of hydrogen-bond acceptors (Lipinski definition) is 4. The van der Waals surface area contributed by atoms with Crippen LogP contribution in [0, 0.1) is 7.14 Å². The third-order valence-corrected chi connectivity index (χ3v) is 13.6. The van der Waals surface area contributed by atoms with Crippen molar-refractivity contribution in [2.45, 2.75) is 0 Å². The van der Waals surface area contributed by atoms with E-state index in [9.17, 15) is 9.59 Å². The van der Waals surface area contributed by atoms with Gasteiger partial charge in [0.2, 0.25) is 0 Å². The van der Waals surface area contributed by atoms with E-state index in [1.807, 2.05) is 60.7 Å². The van der Waals surface area contributed by atoms with Crippen LogP contribution in [0.25, 0.3) is 43.9 Å². The first-order chi connectivity index (χ1) is 15.6. The summed E-state index contributed by atoms with van der Waals surface area (Å²) < 4.78 is 14.0. The van der Waals surface area contributed by atoms with E-state index in [0.717, 1.165) is 7.14 Å². The van der Waals surface area contributed by atoms with E-state index in [1.165, 1.54) is 0 Å². The molecule has 0 N–H and O–H groups in total. The Labute approximate surface area is 194 Å². The summed E-state index contributed by atoms with van der Waals surface area (Å²) in [5, 5.41) is 2.27. The molecule has 6 heteroatoms. The van der Waals surface area contributed by atoms with Gasteiger partial charge >= 0.3 is 196 Å². The van der Waals surface area contributed by atoms with Crippen LogP contribution in [0.3, 0.4) is 0 Å². The van der Waals surface area contributed by atoms with Gasteiger partial charge in [0.05, 0.1) is 0 Å². The molecule has 0 aliphatic heterocycles. The van der Waals surface area contributed by atoms with Crippen LogP contribution < -0.4 is 10.9 Å². The van der Waals surface area contributed by atoms with Crippen molar-refractivity contribution in [3.05, 3.63) is 113 Å². The molecule has 0 unspecified atom stereocenters. The molecule has 4 nitrogen and oxygen atoms in total. The van der Waals surface area contributed by atoms with Crippen LogP contribution in [-0.2, 0) is 0 Å². The van der Waals surface area contributed by atoms with E-state index in [1.54, 1.807) is 24.3 Å². The Kier molecular flexibility index (Phi) is 4.66. The normalized spacial score (nSPS) is 12.1.